The molecular weight excluding hydrogens is 863 g/mol. The van der Waals surface area contributed by atoms with Gasteiger partial charge in [-0.25, -0.2) is 4.98 Å². The van der Waals surface area contributed by atoms with E-state index in [1.54, 1.807) is 41.0 Å². The molecule has 1 fully saturated rings. The molecule has 2 unspecified atom stereocenters. The van der Waals surface area contributed by atoms with Gasteiger partial charge in [-0.1, -0.05) is 75.4 Å². The van der Waals surface area contributed by atoms with Gasteiger partial charge in [-0.3, -0.25) is 33.7 Å². The van der Waals surface area contributed by atoms with Crippen molar-refractivity contribution in [2.45, 2.75) is 98.5 Å². The molecule has 15 nitrogen and oxygen atoms in total. The number of fused-ring (bicyclic) bond motifs is 3. The van der Waals surface area contributed by atoms with E-state index in [2.05, 4.69) is 30.8 Å². The smallest absolute Gasteiger partial charge is 0.306 e. The fourth-order valence-electron chi connectivity index (χ4n) is 8.43. The highest BCUT2D eigenvalue weighted by Gasteiger charge is 2.45. The highest BCUT2D eigenvalue weighted by atomic mass is 32.1. The number of pyridine rings is 1. The number of hydrogen-bond donors (Lipinski definition) is 4. The van der Waals surface area contributed by atoms with E-state index in [1.165, 1.54) is 4.90 Å². The van der Waals surface area contributed by atoms with Crippen LogP contribution in [0.15, 0.2) is 77.4 Å². The van der Waals surface area contributed by atoms with Crippen LogP contribution in [0.4, 0.5) is 0 Å². The zero-order valence-corrected chi connectivity index (χ0v) is 39.0. The summed E-state index contributed by atoms with van der Waals surface area (Å²) >= 11 is 3.16. The Morgan fingerprint density at radius 1 is 0.877 bits per heavy atom. The minimum absolute atomic E-state index is 0.0471. The number of aryl methyl sites for hydroxylation is 3. The number of aliphatic hydroxyl groups is 1. The first-order valence-corrected chi connectivity index (χ1v) is 23.1. The standard InChI is InChI=1S/C48H51N9O6S2/c1-24-27(4)65-47-39(24)40(52-36(20-38(59)60)43-55-54-28(5)57(43)47)31-13-11-30(12-14-31)33-17-18-35(49-21-33)44(61)53-42(48(6,7)8)46(63)56-22-34(58)19-37(56)45(62)51-25(2)29-9-15-32(16-10-29)41-26(3)50-23-64-41/h9-18,21,23,25,34,36-37,42,58H,19-20,22H2,1-8H3,(H,51,62)(H,53,61)(H,59,60)/t25?,34-,36+,37+,42?/m1/s1. The third kappa shape index (κ3) is 9.00. The molecule has 0 spiro atoms. The van der Waals surface area contributed by atoms with E-state index in [0.29, 0.717) is 17.4 Å². The first kappa shape index (κ1) is 45.1. The fraction of sp³-hybridized carbons (Fsp3) is 0.354. The van der Waals surface area contributed by atoms with Crippen molar-refractivity contribution in [1.29, 1.82) is 0 Å². The number of carbonyl (C=O) groups is 4. The van der Waals surface area contributed by atoms with Crippen LogP contribution in [-0.4, -0.2) is 94.0 Å². The molecule has 0 aliphatic carbocycles. The summed E-state index contributed by atoms with van der Waals surface area (Å²) in [7, 11) is 0. The van der Waals surface area contributed by atoms with Crippen molar-refractivity contribution < 1.29 is 29.4 Å². The van der Waals surface area contributed by atoms with E-state index < -0.39 is 47.4 Å². The van der Waals surface area contributed by atoms with Gasteiger partial charge in [0.05, 0.1) is 40.4 Å². The molecular formula is C48H51N9O6S2. The number of aliphatic carboxylic acids is 1. The highest BCUT2D eigenvalue weighted by Crippen LogP contribution is 2.40. The van der Waals surface area contributed by atoms with Gasteiger partial charge in [0, 0.05) is 40.7 Å². The lowest BCUT2D eigenvalue weighted by Crippen LogP contribution is -2.58. The number of benzene rings is 2. The number of thiophene rings is 1. The Morgan fingerprint density at radius 2 is 1.55 bits per heavy atom. The summed E-state index contributed by atoms with van der Waals surface area (Å²) in [4.78, 5) is 71.3. The summed E-state index contributed by atoms with van der Waals surface area (Å²) in [5, 5.41) is 36.0. The number of thiazole rings is 1. The van der Waals surface area contributed by atoms with Gasteiger partial charge in [-0.2, -0.15) is 0 Å². The molecule has 5 atom stereocenters. The maximum Gasteiger partial charge on any atom is 0.306 e. The van der Waals surface area contributed by atoms with Crippen molar-refractivity contribution in [3.05, 3.63) is 123 Å². The van der Waals surface area contributed by atoms with Gasteiger partial charge in [-0.15, -0.1) is 32.9 Å². The van der Waals surface area contributed by atoms with Gasteiger partial charge in [0.15, 0.2) is 5.82 Å². The first-order chi connectivity index (χ1) is 30.9. The maximum absolute atomic E-state index is 14.3. The molecule has 336 valence electrons. The molecule has 0 bridgehead atoms. The van der Waals surface area contributed by atoms with Crippen LogP contribution >= 0.6 is 22.7 Å². The number of likely N-dealkylation sites (tertiary alicyclic amines) is 1. The summed E-state index contributed by atoms with van der Waals surface area (Å²) in [5.74, 6) is -1.27. The quantitative estimate of drug-likeness (QED) is 0.104. The monoisotopic (exact) mass is 913 g/mol. The fourth-order valence-corrected chi connectivity index (χ4v) is 10.5. The number of hydrogen-bond acceptors (Lipinski definition) is 12. The molecule has 6 heterocycles. The molecule has 2 aliphatic heterocycles. The van der Waals surface area contributed by atoms with Crippen LogP contribution < -0.4 is 10.6 Å². The second kappa shape index (κ2) is 17.9. The van der Waals surface area contributed by atoms with Gasteiger partial charge < -0.3 is 25.7 Å². The van der Waals surface area contributed by atoms with Gasteiger partial charge in [-0.05, 0) is 68.4 Å². The number of amides is 3. The first-order valence-electron chi connectivity index (χ1n) is 21.4. The predicted octanol–water partition coefficient (Wildman–Crippen LogP) is 7.10. The summed E-state index contributed by atoms with van der Waals surface area (Å²) in [6.07, 6.45) is 0.510. The maximum atomic E-state index is 14.3. The minimum Gasteiger partial charge on any atom is -0.481 e. The normalized spacial score (nSPS) is 18.0. The second-order valence-corrected chi connectivity index (χ2v) is 19.9. The number of nitrogens with one attached hydrogen (secondary N) is 2. The molecule has 0 saturated carbocycles. The van der Waals surface area contributed by atoms with Crippen molar-refractivity contribution in [3.8, 4) is 26.6 Å². The minimum atomic E-state index is -1.04. The largest absolute Gasteiger partial charge is 0.481 e. The summed E-state index contributed by atoms with van der Waals surface area (Å²) in [6, 6.07) is 15.9. The zero-order chi connectivity index (χ0) is 46.5. The van der Waals surface area contributed by atoms with Crippen molar-refractivity contribution in [2.75, 3.05) is 6.54 Å². The highest BCUT2D eigenvalue weighted by molar-refractivity contribution is 7.15. The SMILES string of the molecule is Cc1ncsc1-c1ccc(C(C)NC(=O)[C@@H]2C[C@@H](O)CN2C(=O)C(NC(=O)c2ccc(-c3ccc(C4=N[C@@H](CC(=O)O)c5nnc(C)n5-c5sc(C)c(C)c54)cc3)cn2)C(C)(C)C)cc1. The number of aliphatic imine (C=N–C) groups is 1. The Labute approximate surface area is 384 Å². The van der Waals surface area contributed by atoms with Crippen LogP contribution in [0.1, 0.15) is 108 Å². The van der Waals surface area contributed by atoms with Crippen molar-refractivity contribution in [1.82, 2.24) is 40.3 Å². The zero-order valence-electron chi connectivity index (χ0n) is 37.4. The molecule has 17 heteroatoms. The van der Waals surface area contributed by atoms with Crippen LogP contribution in [0, 0.1) is 33.1 Å². The Balaban J connectivity index is 0.962. The molecule has 4 aromatic heterocycles. The van der Waals surface area contributed by atoms with Crippen LogP contribution in [0.25, 0.3) is 26.6 Å². The average molecular weight is 914 g/mol. The van der Waals surface area contributed by atoms with Crippen LogP contribution in [0.2, 0.25) is 0 Å². The molecule has 4 N–H and O–H groups in total. The molecule has 6 aromatic rings. The molecule has 1 saturated heterocycles. The second-order valence-electron chi connectivity index (χ2n) is 17.8. The molecule has 2 aromatic carbocycles. The molecule has 3 amide bonds. The van der Waals surface area contributed by atoms with Crippen molar-refractivity contribution >= 4 is 52.1 Å². The van der Waals surface area contributed by atoms with Crippen LogP contribution in [0.5, 0.6) is 0 Å². The lowest BCUT2D eigenvalue weighted by molar-refractivity contribution is -0.142. The number of carbonyl (C=O) groups excluding carboxylic acids is 3. The Hall–Kier alpha value is -6.43. The summed E-state index contributed by atoms with van der Waals surface area (Å²) in [6.45, 7) is 15.2. The van der Waals surface area contributed by atoms with Gasteiger partial charge in [0.25, 0.3) is 5.91 Å². The lowest BCUT2D eigenvalue weighted by atomic mass is 9.85. The van der Waals surface area contributed by atoms with E-state index >= 15 is 0 Å². The predicted molar refractivity (Wildman–Crippen MR) is 249 cm³/mol. The molecule has 8 rings (SSSR count). The third-order valence-electron chi connectivity index (χ3n) is 12.1. The lowest BCUT2D eigenvalue weighted by Gasteiger charge is -2.35. The van der Waals surface area contributed by atoms with E-state index in [0.717, 1.165) is 59.4 Å². The Bertz CT molecular complexity index is 2820. The van der Waals surface area contributed by atoms with E-state index in [1.807, 2.05) is 114 Å². The Kier molecular flexibility index (Phi) is 12.4. The number of β-amino-alcohol motifs (C(OH)–C–C–N with tert-alkyl or cyclic N) is 1. The van der Waals surface area contributed by atoms with Crippen molar-refractivity contribution in [2.24, 2.45) is 10.4 Å². The number of nitrogens with zero attached hydrogens (tertiary/aromatic N) is 7. The van der Waals surface area contributed by atoms with Crippen molar-refractivity contribution in [3.63, 3.8) is 0 Å². The topological polar surface area (TPSA) is 205 Å². The number of aromatic nitrogens is 5. The van der Waals surface area contributed by atoms with Gasteiger partial charge in [0.1, 0.15) is 34.6 Å². The molecule has 2 aliphatic rings. The van der Waals surface area contributed by atoms with E-state index in [4.69, 9.17) is 4.99 Å². The summed E-state index contributed by atoms with van der Waals surface area (Å²) in [5.41, 5.74) is 9.04. The van der Waals surface area contributed by atoms with E-state index in [9.17, 15) is 29.4 Å². The molecule has 65 heavy (non-hydrogen) atoms. The van der Waals surface area contributed by atoms with E-state index in [-0.39, 0.29) is 37.0 Å². The number of carboxylic acids is 1. The Morgan fingerprint density at radius 3 is 2.18 bits per heavy atom. The number of rotatable bonds is 11. The van der Waals surface area contributed by atoms with Gasteiger partial charge in [0.2, 0.25) is 11.8 Å². The third-order valence-corrected chi connectivity index (χ3v) is 14.3. The number of aliphatic hydroxyl groups excluding tert-OH is 1. The molecule has 0 radical (unpaired) electrons. The van der Waals surface area contributed by atoms with Crippen LogP contribution in [0.3, 0.4) is 0 Å². The average Bonchev–Trinajstić information content (AvgIpc) is 4.04. The van der Waals surface area contributed by atoms with Gasteiger partial charge >= 0.3 is 5.97 Å². The summed E-state index contributed by atoms with van der Waals surface area (Å²) < 4.78 is 1.92. The number of carboxylic acid groups (broad SMARTS) is 1. The van der Waals surface area contributed by atoms with Crippen LogP contribution in [-0.2, 0) is 14.4 Å².